The Balaban J connectivity index is 1.92. The first kappa shape index (κ1) is 17.2. The molecule has 1 fully saturated rings. The number of thiocarbonyl (C=S) groups is 1. The maximum Gasteiger partial charge on any atom is 0.191 e. The van der Waals surface area contributed by atoms with Crippen LogP contribution in [0.3, 0.4) is 0 Å². The van der Waals surface area contributed by atoms with E-state index in [0.29, 0.717) is 5.11 Å². The Labute approximate surface area is 160 Å². The lowest BCUT2D eigenvalue weighted by Crippen LogP contribution is -2.69. The smallest absolute Gasteiger partial charge is 0.191 e. The lowest BCUT2D eigenvalue weighted by Gasteiger charge is -2.56. The second-order valence-corrected chi connectivity index (χ2v) is 7.71. The Morgan fingerprint density at radius 2 is 1.81 bits per heavy atom. The third kappa shape index (κ3) is 2.23. The second kappa shape index (κ2) is 5.88. The molecule has 4 nitrogen and oxygen atoms in total. The van der Waals surface area contributed by atoms with Gasteiger partial charge in [-0.05, 0) is 50.2 Å². The van der Waals surface area contributed by atoms with E-state index in [2.05, 4.69) is 62.2 Å². The van der Waals surface area contributed by atoms with Gasteiger partial charge in [0, 0.05) is 11.5 Å². The van der Waals surface area contributed by atoms with Crippen LogP contribution in [-0.4, -0.2) is 17.9 Å². The summed E-state index contributed by atoms with van der Waals surface area (Å²) in [7, 11) is 1.68. The van der Waals surface area contributed by atoms with Gasteiger partial charge in [-0.3, -0.25) is 4.90 Å². The number of ether oxygens (including phenoxy) is 2. The molecule has 2 bridgehead atoms. The number of para-hydroxylation sites is 2. The van der Waals surface area contributed by atoms with Crippen LogP contribution < -0.4 is 19.7 Å². The summed E-state index contributed by atoms with van der Waals surface area (Å²) in [5.41, 5.74) is 3.95. The summed E-state index contributed by atoms with van der Waals surface area (Å²) >= 11 is 5.80. The van der Waals surface area contributed by atoms with Gasteiger partial charge in [-0.1, -0.05) is 37.3 Å². The highest BCUT2D eigenvalue weighted by Crippen LogP contribution is 2.52. The molecule has 0 radical (unpaired) electrons. The molecule has 1 N–H and O–H groups in total. The van der Waals surface area contributed by atoms with Crippen molar-refractivity contribution in [2.75, 3.05) is 12.0 Å². The van der Waals surface area contributed by atoms with Crippen molar-refractivity contribution >= 4 is 23.0 Å². The van der Waals surface area contributed by atoms with E-state index in [1.807, 2.05) is 12.1 Å². The van der Waals surface area contributed by atoms with Crippen LogP contribution >= 0.6 is 12.2 Å². The Hall–Kier alpha value is -2.27. The molecule has 2 aromatic carbocycles. The molecule has 0 unspecified atom stereocenters. The molecule has 1 saturated heterocycles. The molecule has 2 heterocycles. The molecule has 3 atom stereocenters. The fourth-order valence-electron chi connectivity index (χ4n) is 4.26. The maximum atomic E-state index is 6.65. The Morgan fingerprint density at radius 1 is 1.15 bits per heavy atom. The van der Waals surface area contributed by atoms with Gasteiger partial charge < -0.3 is 14.8 Å². The van der Waals surface area contributed by atoms with Crippen molar-refractivity contribution in [3.8, 4) is 11.5 Å². The maximum absolute atomic E-state index is 6.65. The topological polar surface area (TPSA) is 33.7 Å². The van der Waals surface area contributed by atoms with Crippen molar-refractivity contribution in [3.05, 3.63) is 53.1 Å². The van der Waals surface area contributed by atoms with Crippen LogP contribution in [0.1, 0.15) is 36.6 Å². The zero-order valence-corrected chi connectivity index (χ0v) is 16.6. The first-order valence-corrected chi connectivity index (χ1v) is 9.32. The van der Waals surface area contributed by atoms with Crippen molar-refractivity contribution in [1.29, 1.82) is 0 Å². The number of hydrogen-bond acceptors (Lipinski definition) is 3. The second-order valence-electron chi connectivity index (χ2n) is 7.33. The first-order valence-electron chi connectivity index (χ1n) is 8.91. The third-order valence-electron chi connectivity index (χ3n) is 5.81. The van der Waals surface area contributed by atoms with Crippen LogP contribution in [0, 0.1) is 19.8 Å². The van der Waals surface area contributed by atoms with Crippen LogP contribution in [0.5, 0.6) is 11.5 Å². The number of rotatable bonds is 2. The van der Waals surface area contributed by atoms with Crippen LogP contribution in [0.2, 0.25) is 0 Å². The summed E-state index contributed by atoms with van der Waals surface area (Å²) in [5, 5.41) is 4.25. The van der Waals surface area contributed by atoms with E-state index < -0.39 is 5.72 Å². The van der Waals surface area contributed by atoms with Gasteiger partial charge >= 0.3 is 0 Å². The molecular formula is C21H24N2O2S. The summed E-state index contributed by atoms with van der Waals surface area (Å²) in [6.45, 7) is 8.56. The fourth-order valence-corrected chi connectivity index (χ4v) is 4.66. The largest absolute Gasteiger partial charge is 0.493 e. The molecule has 0 aliphatic carbocycles. The average molecular weight is 369 g/mol. The van der Waals surface area contributed by atoms with E-state index in [1.54, 1.807) is 7.11 Å². The van der Waals surface area contributed by atoms with E-state index >= 15 is 0 Å². The SMILES string of the molecule is COc1cccc2c1O[C@]1(C)[C@H](C)[C@H]2NC(=S)N1c1c(C)cccc1C. The van der Waals surface area contributed by atoms with Gasteiger partial charge in [-0.2, -0.15) is 0 Å². The number of aryl methyl sites for hydroxylation is 2. The highest BCUT2D eigenvalue weighted by atomic mass is 32.1. The predicted octanol–water partition coefficient (Wildman–Crippen LogP) is 4.49. The van der Waals surface area contributed by atoms with Gasteiger partial charge in [0.05, 0.1) is 18.8 Å². The molecule has 0 amide bonds. The van der Waals surface area contributed by atoms with Crippen molar-refractivity contribution in [2.45, 2.75) is 39.5 Å². The minimum Gasteiger partial charge on any atom is -0.493 e. The minimum absolute atomic E-state index is 0.0897. The highest BCUT2D eigenvalue weighted by molar-refractivity contribution is 7.80. The first-order chi connectivity index (χ1) is 12.4. The Bertz CT molecular complexity index is 877. The number of nitrogens with zero attached hydrogens (tertiary/aromatic N) is 1. The molecule has 2 aliphatic heterocycles. The number of benzene rings is 2. The van der Waals surface area contributed by atoms with Crippen LogP contribution in [-0.2, 0) is 0 Å². The van der Waals surface area contributed by atoms with Gasteiger partial charge in [0.15, 0.2) is 22.3 Å². The zero-order chi connectivity index (χ0) is 18.6. The number of hydrogen-bond donors (Lipinski definition) is 1. The molecule has 136 valence electrons. The van der Waals surface area contributed by atoms with E-state index in [9.17, 15) is 0 Å². The lowest BCUT2D eigenvalue weighted by atomic mass is 9.80. The number of fused-ring (bicyclic) bond motifs is 4. The summed E-state index contributed by atoms with van der Waals surface area (Å²) in [6, 6.07) is 12.4. The minimum atomic E-state index is -0.606. The fraction of sp³-hybridized carbons (Fsp3) is 0.381. The molecule has 0 spiro atoms. The molecular weight excluding hydrogens is 344 g/mol. The van der Waals surface area contributed by atoms with E-state index in [0.717, 1.165) is 22.7 Å². The average Bonchev–Trinajstić information content (AvgIpc) is 2.60. The van der Waals surface area contributed by atoms with Crippen molar-refractivity contribution in [1.82, 2.24) is 5.32 Å². The van der Waals surface area contributed by atoms with E-state index in [-0.39, 0.29) is 12.0 Å². The van der Waals surface area contributed by atoms with Gasteiger partial charge in [0.1, 0.15) is 0 Å². The number of nitrogens with one attached hydrogen (secondary N) is 1. The predicted molar refractivity (Wildman–Crippen MR) is 108 cm³/mol. The zero-order valence-electron chi connectivity index (χ0n) is 15.8. The Morgan fingerprint density at radius 3 is 2.46 bits per heavy atom. The van der Waals surface area contributed by atoms with Gasteiger partial charge in [-0.15, -0.1) is 0 Å². The van der Waals surface area contributed by atoms with Crippen molar-refractivity contribution < 1.29 is 9.47 Å². The molecule has 2 aliphatic rings. The standard InChI is InChI=1S/C21H24N2O2S/c1-12-8-6-9-13(2)18(12)23-20(26)22-17-14(3)21(23,4)25-19-15(17)10-7-11-16(19)24-5/h6-11,14,17H,1-5H3,(H,22,26)/t14-,17-,21-/m1/s1. The molecule has 26 heavy (non-hydrogen) atoms. The summed E-state index contributed by atoms with van der Waals surface area (Å²) in [4.78, 5) is 2.14. The quantitative estimate of drug-likeness (QED) is 0.790. The van der Waals surface area contributed by atoms with Gasteiger partial charge in [0.2, 0.25) is 0 Å². The van der Waals surface area contributed by atoms with Crippen molar-refractivity contribution in [3.63, 3.8) is 0 Å². The molecule has 2 aromatic rings. The Kier molecular flexibility index (Phi) is 3.88. The third-order valence-corrected chi connectivity index (χ3v) is 6.11. The molecule has 5 heteroatoms. The van der Waals surface area contributed by atoms with Crippen molar-refractivity contribution in [2.24, 2.45) is 5.92 Å². The molecule has 4 rings (SSSR count). The monoisotopic (exact) mass is 368 g/mol. The summed E-state index contributed by atoms with van der Waals surface area (Å²) in [6.07, 6.45) is 0. The summed E-state index contributed by atoms with van der Waals surface area (Å²) < 4.78 is 12.2. The lowest BCUT2D eigenvalue weighted by molar-refractivity contribution is -0.00561. The normalized spacial score (nSPS) is 26.7. The van der Waals surface area contributed by atoms with E-state index in [1.165, 1.54) is 11.1 Å². The van der Waals surface area contributed by atoms with Crippen LogP contribution in [0.15, 0.2) is 36.4 Å². The number of anilines is 1. The molecule has 0 saturated carbocycles. The van der Waals surface area contributed by atoms with Gasteiger partial charge in [-0.25, -0.2) is 0 Å². The van der Waals surface area contributed by atoms with Gasteiger partial charge in [0.25, 0.3) is 0 Å². The van der Waals surface area contributed by atoms with E-state index in [4.69, 9.17) is 21.7 Å². The summed E-state index contributed by atoms with van der Waals surface area (Å²) in [5.74, 6) is 1.74. The highest BCUT2D eigenvalue weighted by Gasteiger charge is 2.54. The van der Waals surface area contributed by atoms with Crippen LogP contribution in [0.4, 0.5) is 5.69 Å². The van der Waals surface area contributed by atoms with Crippen LogP contribution in [0.25, 0.3) is 0 Å². The molecule has 0 aromatic heterocycles. The number of methoxy groups -OCH3 is 1.